The second-order valence-corrected chi connectivity index (χ2v) is 5.18. The van der Waals surface area contributed by atoms with Crippen molar-refractivity contribution >= 4 is 21.6 Å². The molecule has 0 radical (unpaired) electrons. The van der Waals surface area contributed by atoms with E-state index in [0.717, 1.165) is 6.20 Å². The van der Waals surface area contributed by atoms with Crippen molar-refractivity contribution in [3.8, 4) is 0 Å². The number of halogens is 2. The van der Waals surface area contributed by atoms with Gasteiger partial charge in [-0.25, -0.2) is 22.3 Å². The number of primary sulfonamides is 1. The Morgan fingerprint density at radius 1 is 1.30 bits per heavy atom. The van der Waals surface area contributed by atoms with Gasteiger partial charge in [-0.3, -0.25) is 4.79 Å². The molecular weight excluding hydrogens is 296 g/mol. The molecule has 0 unspecified atom stereocenters. The first-order chi connectivity index (χ1) is 9.29. The van der Waals surface area contributed by atoms with Gasteiger partial charge in [-0.05, 0) is 12.1 Å². The van der Waals surface area contributed by atoms with Crippen LogP contribution in [0.1, 0.15) is 10.5 Å². The van der Waals surface area contributed by atoms with Gasteiger partial charge in [0.25, 0.3) is 5.91 Å². The van der Waals surface area contributed by atoms with Crippen molar-refractivity contribution in [2.45, 2.75) is 4.90 Å². The highest BCUT2D eigenvalue weighted by atomic mass is 32.2. The lowest BCUT2D eigenvalue weighted by molar-refractivity contribution is 0.102. The monoisotopic (exact) mass is 303 g/mol. The van der Waals surface area contributed by atoms with Crippen LogP contribution in [0, 0.1) is 11.6 Å². The number of anilines is 1. The lowest BCUT2D eigenvalue weighted by atomic mass is 10.2. The largest absolute Gasteiger partial charge is 0.316 e. The molecule has 2 rings (SSSR count). The van der Waals surface area contributed by atoms with Crippen LogP contribution in [0.15, 0.2) is 23.2 Å². The topological polar surface area (TPSA) is 131 Å². The van der Waals surface area contributed by atoms with Gasteiger partial charge in [0.2, 0.25) is 10.0 Å². The molecule has 8 nitrogen and oxygen atoms in total. The number of carbonyl (C=O) groups excluding carboxylic acids is 1. The van der Waals surface area contributed by atoms with Gasteiger partial charge < -0.3 is 5.32 Å². The van der Waals surface area contributed by atoms with Crippen LogP contribution in [-0.4, -0.2) is 29.7 Å². The number of H-pyrrole nitrogens is 1. The summed E-state index contributed by atoms with van der Waals surface area (Å²) in [5.74, 6) is -3.49. The molecule has 2 aromatic rings. The summed E-state index contributed by atoms with van der Waals surface area (Å²) in [5, 5.41) is 15.6. The number of hydrogen-bond donors (Lipinski definition) is 3. The zero-order valence-electron chi connectivity index (χ0n) is 9.59. The Labute approximate surface area is 111 Å². The molecule has 1 heterocycles. The minimum Gasteiger partial charge on any atom is -0.316 e. The highest BCUT2D eigenvalue weighted by Crippen LogP contribution is 2.23. The Hall–Kier alpha value is -2.40. The molecule has 0 atom stereocenters. The van der Waals surface area contributed by atoms with Gasteiger partial charge in [-0.2, -0.15) is 15.4 Å². The lowest BCUT2D eigenvalue weighted by Gasteiger charge is -2.07. The van der Waals surface area contributed by atoms with Gasteiger partial charge >= 0.3 is 0 Å². The average molecular weight is 303 g/mol. The quantitative estimate of drug-likeness (QED) is 0.733. The fourth-order valence-corrected chi connectivity index (χ4v) is 1.86. The Bertz CT molecular complexity index is 737. The van der Waals surface area contributed by atoms with Crippen molar-refractivity contribution in [3.63, 3.8) is 0 Å². The number of aromatic nitrogens is 3. The number of carbonyl (C=O) groups is 1. The number of aromatic amines is 1. The molecule has 11 heteroatoms. The van der Waals surface area contributed by atoms with Crippen LogP contribution in [0.5, 0.6) is 0 Å². The zero-order valence-corrected chi connectivity index (χ0v) is 10.4. The molecule has 0 aliphatic carbocycles. The Kier molecular flexibility index (Phi) is 3.46. The van der Waals surface area contributed by atoms with E-state index in [9.17, 15) is 22.0 Å². The minimum atomic E-state index is -4.26. The second-order valence-electron chi connectivity index (χ2n) is 3.62. The number of rotatable bonds is 3. The summed E-state index contributed by atoms with van der Waals surface area (Å²) < 4.78 is 49.2. The number of nitrogens with two attached hydrogens (primary N) is 1. The molecule has 0 bridgehead atoms. The van der Waals surface area contributed by atoms with Crippen LogP contribution in [0.2, 0.25) is 0 Å². The van der Waals surface area contributed by atoms with E-state index < -0.39 is 38.1 Å². The third-order valence-corrected chi connectivity index (χ3v) is 3.12. The normalized spacial score (nSPS) is 11.3. The number of nitrogens with zero attached hydrogens (tertiary/aromatic N) is 2. The van der Waals surface area contributed by atoms with Crippen molar-refractivity contribution < 1.29 is 22.0 Å². The minimum absolute atomic E-state index is 0.195. The number of benzene rings is 1. The zero-order chi connectivity index (χ0) is 14.9. The molecule has 0 fully saturated rings. The van der Waals surface area contributed by atoms with Crippen LogP contribution < -0.4 is 10.5 Å². The van der Waals surface area contributed by atoms with Gasteiger partial charge in [-0.1, -0.05) is 0 Å². The van der Waals surface area contributed by atoms with E-state index in [4.69, 9.17) is 5.14 Å². The summed E-state index contributed by atoms with van der Waals surface area (Å²) >= 11 is 0. The second kappa shape index (κ2) is 4.94. The first-order valence-corrected chi connectivity index (χ1v) is 6.52. The van der Waals surface area contributed by atoms with Crippen LogP contribution in [0.25, 0.3) is 0 Å². The van der Waals surface area contributed by atoms with Crippen molar-refractivity contribution in [2.24, 2.45) is 5.14 Å². The van der Waals surface area contributed by atoms with Gasteiger partial charge in [0, 0.05) is 0 Å². The van der Waals surface area contributed by atoms with E-state index in [1.54, 1.807) is 0 Å². The predicted octanol–water partition coefficient (Wildman–Crippen LogP) is -0.0174. The first kappa shape index (κ1) is 14.0. The molecule has 1 aromatic heterocycles. The summed E-state index contributed by atoms with van der Waals surface area (Å²) in [6.45, 7) is 0. The van der Waals surface area contributed by atoms with Crippen LogP contribution >= 0.6 is 0 Å². The molecule has 0 saturated carbocycles. The Morgan fingerprint density at radius 3 is 2.35 bits per heavy atom. The van der Waals surface area contributed by atoms with Gasteiger partial charge in [0.05, 0.1) is 11.1 Å². The maximum absolute atomic E-state index is 13.6. The Morgan fingerprint density at radius 2 is 1.90 bits per heavy atom. The van der Waals surface area contributed by atoms with Crippen molar-refractivity contribution in [1.82, 2.24) is 15.4 Å². The molecule has 0 spiro atoms. The van der Waals surface area contributed by atoms with Crippen LogP contribution in [-0.2, 0) is 10.0 Å². The molecule has 106 valence electrons. The first-order valence-electron chi connectivity index (χ1n) is 4.98. The SMILES string of the molecule is NS(=O)(=O)c1cc(F)c(NC(=O)c2cn[nH]n2)c(F)c1. The fourth-order valence-electron chi connectivity index (χ4n) is 1.32. The molecule has 1 amide bonds. The maximum atomic E-state index is 13.6. The van der Waals surface area contributed by atoms with E-state index in [1.807, 2.05) is 5.32 Å². The molecule has 0 aliphatic rings. The predicted molar refractivity (Wildman–Crippen MR) is 62.1 cm³/mol. The maximum Gasteiger partial charge on any atom is 0.277 e. The van der Waals surface area contributed by atoms with E-state index in [2.05, 4.69) is 15.4 Å². The Balaban J connectivity index is 2.37. The van der Waals surface area contributed by atoms with E-state index in [-0.39, 0.29) is 5.69 Å². The summed E-state index contributed by atoms with van der Waals surface area (Å²) in [7, 11) is -4.26. The van der Waals surface area contributed by atoms with Crippen molar-refractivity contribution in [3.05, 3.63) is 35.7 Å². The number of amides is 1. The van der Waals surface area contributed by atoms with Crippen molar-refractivity contribution in [2.75, 3.05) is 5.32 Å². The van der Waals surface area contributed by atoms with E-state index >= 15 is 0 Å². The molecular formula is C9H7F2N5O3S. The van der Waals surface area contributed by atoms with Crippen molar-refractivity contribution in [1.29, 1.82) is 0 Å². The highest BCUT2D eigenvalue weighted by Gasteiger charge is 2.19. The summed E-state index contributed by atoms with van der Waals surface area (Å²) in [6, 6.07) is 0.994. The smallest absolute Gasteiger partial charge is 0.277 e. The average Bonchev–Trinajstić information content (AvgIpc) is 2.85. The molecule has 20 heavy (non-hydrogen) atoms. The van der Waals surface area contributed by atoms with Crippen LogP contribution in [0.3, 0.4) is 0 Å². The van der Waals surface area contributed by atoms with Crippen LogP contribution in [0.4, 0.5) is 14.5 Å². The number of nitrogens with one attached hydrogen (secondary N) is 2. The van der Waals surface area contributed by atoms with E-state index in [1.165, 1.54) is 0 Å². The fraction of sp³-hybridized carbons (Fsp3) is 0. The highest BCUT2D eigenvalue weighted by molar-refractivity contribution is 7.89. The summed E-state index contributed by atoms with van der Waals surface area (Å²) in [6.07, 6.45) is 1.05. The molecule has 4 N–H and O–H groups in total. The third kappa shape index (κ3) is 2.78. The molecule has 0 saturated heterocycles. The number of sulfonamides is 1. The van der Waals surface area contributed by atoms with Gasteiger partial charge in [0.1, 0.15) is 5.69 Å². The number of hydrogen-bond acceptors (Lipinski definition) is 5. The summed E-state index contributed by atoms with van der Waals surface area (Å²) in [4.78, 5) is 10.8. The molecule has 1 aromatic carbocycles. The van der Waals surface area contributed by atoms with Gasteiger partial charge in [-0.15, -0.1) is 0 Å². The van der Waals surface area contributed by atoms with Gasteiger partial charge in [0.15, 0.2) is 17.3 Å². The third-order valence-electron chi connectivity index (χ3n) is 2.23. The summed E-state index contributed by atoms with van der Waals surface area (Å²) in [5.41, 5.74) is -1.01. The lowest BCUT2D eigenvalue weighted by Crippen LogP contribution is -2.17. The van der Waals surface area contributed by atoms with E-state index in [0.29, 0.717) is 12.1 Å². The molecule has 0 aliphatic heterocycles. The standard InChI is InChI=1S/C9H7F2N5O3S/c10-5-1-4(20(12,18)19)2-6(11)8(5)14-9(17)7-3-13-16-15-7/h1-3H,(H,14,17)(H2,12,18,19)(H,13,15,16).